The maximum Gasteiger partial charge on any atom is 0.387 e. The number of carboxylic acid groups (broad SMARTS) is 1. The number of hydrogen-bond acceptors (Lipinski definition) is 3. The highest BCUT2D eigenvalue weighted by molar-refractivity contribution is 5.85. The second kappa shape index (κ2) is 4.04. The Labute approximate surface area is 80.3 Å². The SMILES string of the molecule is Cl.O=C(O)C1([N+](=O)[O-])C=CC=CC1. The van der Waals surface area contributed by atoms with E-state index in [1.165, 1.54) is 12.2 Å². The number of nitrogens with zero attached hydrogens (tertiary/aromatic N) is 1. The number of allylic oxidation sites excluding steroid dienone is 2. The van der Waals surface area contributed by atoms with Gasteiger partial charge in [-0.25, -0.2) is 4.79 Å². The van der Waals surface area contributed by atoms with Gasteiger partial charge in [-0.15, -0.1) is 12.4 Å². The van der Waals surface area contributed by atoms with E-state index in [2.05, 4.69) is 0 Å². The van der Waals surface area contributed by atoms with Gasteiger partial charge in [-0.05, 0) is 0 Å². The third-order valence-corrected chi connectivity index (χ3v) is 1.74. The lowest BCUT2D eigenvalue weighted by Crippen LogP contribution is -2.44. The van der Waals surface area contributed by atoms with E-state index in [0.717, 1.165) is 6.08 Å². The first-order valence-electron chi connectivity index (χ1n) is 3.32. The molecule has 0 amide bonds. The van der Waals surface area contributed by atoms with Crippen molar-refractivity contribution in [1.29, 1.82) is 0 Å². The van der Waals surface area contributed by atoms with Crippen molar-refractivity contribution in [2.75, 3.05) is 0 Å². The molecular weight excluding hydrogens is 198 g/mol. The van der Waals surface area contributed by atoms with Crippen LogP contribution >= 0.6 is 12.4 Å². The number of aliphatic carboxylic acids is 1. The highest BCUT2D eigenvalue weighted by Gasteiger charge is 2.48. The lowest BCUT2D eigenvalue weighted by molar-refractivity contribution is -0.540. The van der Waals surface area contributed by atoms with Crippen LogP contribution in [0.5, 0.6) is 0 Å². The number of carbonyl (C=O) groups is 1. The molecule has 0 bridgehead atoms. The molecule has 13 heavy (non-hydrogen) atoms. The number of rotatable bonds is 2. The van der Waals surface area contributed by atoms with E-state index in [1.807, 2.05) is 0 Å². The molecule has 0 spiro atoms. The molecule has 0 aromatic rings. The highest BCUT2D eigenvalue weighted by Crippen LogP contribution is 2.21. The van der Waals surface area contributed by atoms with Crippen molar-refractivity contribution in [2.45, 2.75) is 12.0 Å². The van der Waals surface area contributed by atoms with Gasteiger partial charge < -0.3 is 5.11 Å². The first kappa shape index (κ1) is 11.6. The molecule has 0 aromatic carbocycles. The van der Waals surface area contributed by atoms with E-state index in [9.17, 15) is 14.9 Å². The fourth-order valence-electron chi connectivity index (χ4n) is 0.981. The fraction of sp³-hybridized carbons (Fsp3) is 0.286. The van der Waals surface area contributed by atoms with Gasteiger partial charge in [0.15, 0.2) is 0 Å². The molecule has 0 radical (unpaired) electrons. The Bertz CT molecular complexity index is 270. The monoisotopic (exact) mass is 205 g/mol. The summed E-state index contributed by atoms with van der Waals surface area (Å²) in [5.74, 6) is -1.42. The average molecular weight is 206 g/mol. The lowest BCUT2D eigenvalue weighted by atomic mass is 9.92. The predicted molar refractivity (Wildman–Crippen MR) is 47.5 cm³/mol. The van der Waals surface area contributed by atoms with Crippen molar-refractivity contribution in [3.8, 4) is 0 Å². The molecule has 0 saturated carbocycles. The Morgan fingerprint density at radius 2 is 2.15 bits per heavy atom. The third kappa shape index (κ3) is 1.86. The molecule has 0 heterocycles. The fourth-order valence-corrected chi connectivity index (χ4v) is 0.981. The van der Waals surface area contributed by atoms with Gasteiger partial charge in [0.2, 0.25) is 0 Å². The molecule has 0 aliphatic heterocycles. The molecule has 0 saturated heterocycles. The van der Waals surface area contributed by atoms with Crippen molar-refractivity contribution in [3.63, 3.8) is 0 Å². The second-order valence-electron chi connectivity index (χ2n) is 2.48. The summed E-state index contributed by atoms with van der Waals surface area (Å²) >= 11 is 0. The Kier molecular flexibility index (Phi) is 3.62. The van der Waals surface area contributed by atoms with Crippen molar-refractivity contribution in [1.82, 2.24) is 0 Å². The predicted octanol–water partition coefficient (Wildman–Crippen LogP) is 1.02. The van der Waals surface area contributed by atoms with Crippen LogP contribution in [0.4, 0.5) is 0 Å². The smallest absolute Gasteiger partial charge is 0.387 e. The Morgan fingerprint density at radius 1 is 1.54 bits per heavy atom. The van der Waals surface area contributed by atoms with Crippen LogP contribution in [0.15, 0.2) is 24.3 Å². The van der Waals surface area contributed by atoms with Gasteiger partial charge in [0.1, 0.15) is 0 Å². The van der Waals surface area contributed by atoms with Crippen molar-refractivity contribution < 1.29 is 14.8 Å². The van der Waals surface area contributed by atoms with E-state index < -0.39 is 16.4 Å². The maximum atomic E-state index is 10.6. The summed E-state index contributed by atoms with van der Waals surface area (Å²) in [7, 11) is 0. The molecule has 0 fully saturated rings. The molecule has 5 nitrogen and oxygen atoms in total. The van der Waals surface area contributed by atoms with E-state index in [0.29, 0.717) is 0 Å². The summed E-state index contributed by atoms with van der Waals surface area (Å²) in [6.07, 6.45) is 5.43. The summed E-state index contributed by atoms with van der Waals surface area (Å²) in [6, 6.07) is 0. The number of halogens is 1. The number of nitro groups is 1. The number of hydrogen-bond donors (Lipinski definition) is 1. The molecule has 6 heteroatoms. The van der Waals surface area contributed by atoms with Gasteiger partial charge in [-0.2, -0.15) is 0 Å². The molecule has 72 valence electrons. The van der Waals surface area contributed by atoms with Crippen molar-refractivity contribution >= 4 is 18.4 Å². The van der Waals surface area contributed by atoms with Crippen LogP contribution in [0.1, 0.15) is 6.42 Å². The molecule has 1 N–H and O–H groups in total. The summed E-state index contributed by atoms with van der Waals surface area (Å²) in [6.45, 7) is 0. The molecule has 1 atom stereocenters. The van der Waals surface area contributed by atoms with Crippen LogP contribution in [-0.4, -0.2) is 21.5 Å². The first-order chi connectivity index (χ1) is 5.59. The molecular formula is C7H8ClNO4. The number of carboxylic acids is 1. The summed E-state index contributed by atoms with van der Waals surface area (Å²) < 4.78 is 0. The van der Waals surface area contributed by atoms with Crippen LogP contribution in [0.2, 0.25) is 0 Å². The van der Waals surface area contributed by atoms with Crippen LogP contribution < -0.4 is 0 Å². The molecule has 1 aliphatic rings. The van der Waals surface area contributed by atoms with Crippen LogP contribution in [-0.2, 0) is 4.79 Å². The van der Waals surface area contributed by atoms with Gasteiger partial charge >= 0.3 is 11.5 Å². The van der Waals surface area contributed by atoms with E-state index in [4.69, 9.17) is 5.11 Å². The van der Waals surface area contributed by atoms with Crippen LogP contribution in [0.25, 0.3) is 0 Å². The van der Waals surface area contributed by atoms with Gasteiger partial charge in [-0.1, -0.05) is 18.2 Å². The zero-order valence-corrected chi connectivity index (χ0v) is 7.36. The summed E-state index contributed by atoms with van der Waals surface area (Å²) in [5.41, 5.74) is -1.95. The van der Waals surface area contributed by atoms with Crippen molar-refractivity contribution in [2.24, 2.45) is 0 Å². The second-order valence-corrected chi connectivity index (χ2v) is 2.48. The standard InChI is InChI=1S/C7H7NO4.ClH/c9-6(10)7(8(11)12)4-2-1-3-5-7;/h1-4H,5H2,(H,9,10);1H. The minimum absolute atomic E-state index is 0. The van der Waals surface area contributed by atoms with Gasteiger partial charge in [-0.3, -0.25) is 10.1 Å². The minimum atomic E-state index is -1.95. The molecule has 1 unspecified atom stereocenters. The maximum absolute atomic E-state index is 10.6. The molecule has 1 rings (SSSR count). The normalized spacial score (nSPS) is 24.9. The lowest BCUT2D eigenvalue weighted by Gasteiger charge is -2.16. The molecule has 1 aliphatic carbocycles. The Hall–Kier alpha value is -1.36. The van der Waals surface area contributed by atoms with Crippen molar-refractivity contribution in [3.05, 3.63) is 34.4 Å². The highest BCUT2D eigenvalue weighted by atomic mass is 35.5. The Balaban J connectivity index is 0.00000144. The van der Waals surface area contributed by atoms with Crippen LogP contribution in [0, 0.1) is 10.1 Å². The van der Waals surface area contributed by atoms with Gasteiger partial charge in [0, 0.05) is 11.0 Å². The topological polar surface area (TPSA) is 80.4 Å². The van der Waals surface area contributed by atoms with E-state index in [1.54, 1.807) is 6.08 Å². The van der Waals surface area contributed by atoms with Crippen LogP contribution in [0.3, 0.4) is 0 Å². The largest absolute Gasteiger partial charge is 0.476 e. The van der Waals surface area contributed by atoms with Gasteiger partial charge in [0.25, 0.3) is 0 Å². The minimum Gasteiger partial charge on any atom is -0.476 e. The van der Waals surface area contributed by atoms with E-state index >= 15 is 0 Å². The molecule has 0 aromatic heterocycles. The summed E-state index contributed by atoms with van der Waals surface area (Å²) in [4.78, 5) is 20.3. The summed E-state index contributed by atoms with van der Waals surface area (Å²) in [5, 5.41) is 19.1. The first-order valence-corrected chi connectivity index (χ1v) is 3.32. The quantitative estimate of drug-likeness (QED) is 0.539. The van der Waals surface area contributed by atoms with Gasteiger partial charge in [0.05, 0.1) is 6.42 Å². The zero-order valence-electron chi connectivity index (χ0n) is 6.54. The van der Waals surface area contributed by atoms with E-state index in [-0.39, 0.29) is 18.8 Å². The Morgan fingerprint density at radius 3 is 2.38 bits per heavy atom. The average Bonchev–Trinajstić information content (AvgIpc) is 2.05. The zero-order chi connectivity index (χ0) is 9.19. The third-order valence-electron chi connectivity index (χ3n) is 1.74.